The smallest absolute Gasteiger partial charge is 0.323 e. The van der Waals surface area contributed by atoms with E-state index in [9.17, 15) is 4.79 Å². The van der Waals surface area contributed by atoms with E-state index in [2.05, 4.69) is 17.4 Å². The van der Waals surface area contributed by atoms with Crippen molar-refractivity contribution < 1.29 is 9.53 Å². The predicted octanol–water partition coefficient (Wildman–Crippen LogP) is 1.48. The van der Waals surface area contributed by atoms with Gasteiger partial charge in [0.15, 0.2) is 0 Å². The van der Waals surface area contributed by atoms with Crippen molar-refractivity contribution in [3.8, 4) is 0 Å². The molecular formula is C13H17NO2S. The minimum atomic E-state index is -0.160. The lowest BCUT2D eigenvalue weighted by Crippen LogP contribution is -2.50. The van der Waals surface area contributed by atoms with Crippen LogP contribution in [0.25, 0.3) is 0 Å². The minimum absolute atomic E-state index is 0.157. The number of carbonyl (C=O) groups excluding carboxylic acids is 1. The maximum absolute atomic E-state index is 11.5. The van der Waals surface area contributed by atoms with E-state index in [4.69, 9.17) is 4.74 Å². The Morgan fingerprint density at radius 3 is 2.88 bits per heavy atom. The Labute approximate surface area is 106 Å². The van der Waals surface area contributed by atoms with Gasteiger partial charge >= 0.3 is 5.97 Å². The summed E-state index contributed by atoms with van der Waals surface area (Å²) >= 11 is 1.81. The maximum Gasteiger partial charge on any atom is 0.323 e. The molecule has 92 valence electrons. The number of benzene rings is 1. The first-order valence-electron chi connectivity index (χ1n) is 5.75. The number of esters is 1. The highest BCUT2D eigenvalue weighted by Gasteiger charge is 2.27. The topological polar surface area (TPSA) is 38.3 Å². The fourth-order valence-corrected chi connectivity index (χ4v) is 3.11. The monoisotopic (exact) mass is 251 g/mol. The summed E-state index contributed by atoms with van der Waals surface area (Å²) in [6, 6.07) is 10.5. The summed E-state index contributed by atoms with van der Waals surface area (Å²) in [7, 11) is 1.44. The molecule has 2 rings (SSSR count). The molecule has 1 fully saturated rings. The highest BCUT2D eigenvalue weighted by Crippen LogP contribution is 2.16. The zero-order valence-corrected chi connectivity index (χ0v) is 10.7. The molecule has 3 nitrogen and oxygen atoms in total. The SMILES string of the molecule is COC(=O)C1CSCC(Cc2ccccc2)N1. The number of nitrogens with one attached hydrogen (secondary N) is 1. The Morgan fingerprint density at radius 2 is 2.18 bits per heavy atom. The summed E-state index contributed by atoms with van der Waals surface area (Å²) in [5.41, 5.74) is 1.30. The van der Waals surface area contributed by atoms with Gasteiger partial charge in [0.05, 0.1) is 7.11 Å². The quantitative estimate of drug-likeness (QED) is 0.826. The van der Waals surface area contributed by atoms with Crippen LogP contribution < -0.4 is 5.32 Å². The zero-order valence-electron chi connectivity index (χ0n) is 9.89. The van der Waals surface area contributed by atoms with Crippen molar-refractivity contribution in [1.82, 2.24) is 5.32 Å². The minimum Gasteiger partial charge on any atom is -0.468 e. The second-order valence-corrected chi connectivity index (χ2v) is 5.24. The summed E-state index contributed by atoms with van der Waals surface area (Å²) in [5, 5.41) is 3.36. The highest BCUT2D eigenvalue weighted by molar-refractivity contribution is 7.99. The van der Waals surface area contributed by atoms with E-state index < -0.39 is 0 Å². The Morgan fingerprint density at radius 1 is 1.41 bits per heavy atom. The van der Waals surface area contributed by atoms with Crippen LogP contribution in [0.15, 0.2) is 30.3 Å². The van der Waals surface area contributed by atoms with Crippen molar-refractivity contribution in [2.45, 2.75) is 18.5 Å². The lowest BCUT2D eigenvalue weighted by Gasteiger charge is -2.29. The number of carbonyl (C=O) groups is 1. The molecule has 0 spiro atoms. The molecule has 1 N–H and O–H groups in total. The average molecular weight is 251 g/mol. The summed E-state index contributed by atoms with van der Waals surface area (Å²) in [6.45, 7) is 0. The molecule has 17 heavy (non-hydrogen) atoms. The molecule has 0 bridgehead atoms. The van der Waals surface area contributed by atoms with Crippen LogP contribution in [0.1, 0.15) is 5.56 Å². The van der Waals surface area contributed by atoms with Crippen LogP contribution in [0, 0.1) is 0 Å². The van der Waals surface area contributed by atoms with Crippen molar-refractivity contribution in [1.29, 1.82) is 0 Å². The van der Waals surface area contributed by atoms with Crippen LogP contribution in [-0.2, 0) is 16.0 Å². The predicted molar refractivity (Wildman–Crippen MR) is 70.2 cm³/mol. The molecule has 0 aliphatic carbocycles. The van der Waals surface area contributed by atoms with Crippen LogP contribution in [0.4, 0.5) is 0 Å². The molecule has 0 aromatic heterocycles. The van der Waals surface area contributed by atoms with Crippen molar-refractivity contribution in [2.75, 3.05) is 18.6 Å². The van der Waals surface area contributed by atoms with Crippen molar-refractivity contribution in [3.63, 3.8) is 0 Å². The second kappa shape index (κ2) is 6.07. The molecular weight excluding hydrogens is 234 g/mol. The first-order valence-corrected chi connectivity index (χ1v) is 6.90. The van der Waals surface area contributed by atoms with Crippen LogP contribution in [0.2, 0.25) is 0 Å². The van der Waals surface area contributed by atoms with Gasteiger partial charge in [0.1, 0.15) is 6.04 Å². The van der Waals surface area contributed by atoms with Crippen molar-refractivity contribution in [3.05, 3.63) is 35.9 Å². The summed E-state index contributed by atoms with van der Waals surface area (Å²) in [5.74, 6) is 1.69. The van der Waals surface area contributed by atoms with Gasteiger partial charge in [-0.2, -0.15) is 11.8 Å². The number of hydrogen-bond donors (Lipinski definition) is 1. The number of thioether (sulfide) groups is 1. The van der Waals surface area contributed by atoms with Gasteiger partial charge in [-0.1, -0.05) is 30.3 Å². The summed E-state index contributed by atoms with van der Waals surface area (Å²) in [6.07, 6.45) is 0.960. The zero-order chi connectivity index (χ0) is 12.1. The van der Waals surface area contributed by atoms with Gasteiger partial charge in [0.25, 0.3) is 0 Å². The first-order chi connectivity index (χ1) is 8.29. The van der Waals surface area contributed by atoms with Gasteiger partial charge in [-0.3, -0.25) is 10.1 Å². The number of methoxy groups -OCH3 is 1. The molecule has 1 heterocycles. The van der Waals surface area contributed by atoms with Gasteiger partial charge < -0.3 is 4.74 Å². The molecule has 2 unspecified atom stereocenters. The highest BCUT2D eigenvalue weighted by atomic mass is 32.2. The third-order valence-corrected chi connectivity index (χ3v) is 4.06. The maximum atomic E-state index is 11.5. The lowest BCUT2D eigenvalue weighted by molar-refractivity contribution is -0.142. The Balaban J connectivity index is 1.92. The third kappa shape index (κ3) is 3.48. The van der Waals surface area contributed by atoms with Crippen molar-refractivity contribution >= 4 is 17.7 Å². The van der Waals surface area contributed by atoms with Gasteiger partial charge in [-0.15, -0.1) is 0 Å². The molecule has 0 saturated carbocycles. The molecule has 1 aliphatic heterocycles. The lowest BCUT2D eigenvalue weighted by atomic mass is 10.1. The first kappa shape index (κ1) is 12.5. The normalized spacial score (nSPS) is 24.3. The van der Waals surface area contributed by atoms with E-state index in [0.29, 0.717) is 6.04 Å². The van der Waals surface area contributed by atoms with E-state index >= 15 is 0 Å². The molecule has 1 aromatic rings. The van der Waals surface area contributed by atoms with E-state index in [1.165, 1.54) is 12.7 Å². The largest absolute Gasteiger partial charge is 0.468 e. The molecule has 1 saturated heterocycles. The van der Waals surface area contributed by atoms with E-state index in [1.54, 1.807) is 0 Å². The standard InChI is InChI=1S/C13H17NO2S/c1-16-13(15)12-9-17-8-11(14-12)7-10-5-3-2-4-6-10/h2-6,11-12,14H,7-9H2,1H3. The third-order valence-electron chi connectivity index (χ3n) is 2.85. The Kier molecular flexibility index (Phi) is 4.45. The van der Waals surface area contributed by atoms with E-state index in [-0.39, 0.29) is 12.0 Å². The van der Waals surface area contributed by atoms with E-state index in [0.717, 1.165) is 17.9 Å². The molecule has 4 heteroatoms. The molecule has 1 aromatic carbocycles. The Hall–Kier alpha value is -1.00. The van der Waals surface area contributed by atoms with Gasteiger partial charge in [0, 0.05) is 17.5 Å². The van der Waals surface area contributed by atoms with Crippen LogP contribution in [0.3, 0.4) is 0 Å². The van der Waals surface area contributed by atoms with Gasteiger partial charge in [-0.05, 0) is 12.0 Å². The fraction of sp³-hybridized carbons (Fsp3) is 0.462. The fourth-order valence-electron chi connectivity index (χ4n) is 2.00. The van der Waals surface area contributed by atoms with Crippen LogP contribution >= 0.6 is 11.8 Å². The van der Waals surface area contributed by atoms with Gasteiger partial charge in [0.2, 0.25) is 0 Å². The average Bonchev–Trinajstić information content (AvgIpc) is 2.39. The molecule has 2 atom stereocenters. The van der Waals surface area contributed by atoms with Crippen molar-refractivity contribution in [2.24, 2.45) is 0 Å². The molecule has 1 aliphatic rings. The van der Waals surface area contributed by atoms with Crippen LogP contribution in [-0.4, -0.2) is 36.7 Å². The van der Waals surface area contributed by atoms with E-state index in [1.807, 2.05) is 30.0 Å². The van der Waals surface area contributed by atoms with Crippen LogP contribution in [0.5, 0.6) is 0 Å². The molecule has 0 radical (unpaired) electrons. The summed E-state index contributed by atoms with van der Waals surface area (Å²) in [4.78, 5) is 11.5. The second-order valence-electron chi connectivity index (χ2n) is 4.17. The number of rotatable bonds is 3. The van der Waals surface area contributed by atoms with Gasteiger partial charge in [-0.25, -0.2) is 0 Å². The number of ether oxygens (including phenoxy) is 1. The number of hydrogen-bond acceptors (Lipinski definition) is 4. The molecule has 0 amide bonds. The Bertz CT molecular complexity index is 369. The summed E-state index contributed by atoms with van der Waals surface area (Å²) < 4.78 is 4.77.